The normalized spacial score (nSPS) is 11.1. The standard InChI is InChI=1S/C17H14ClF3N2O2/c1-10(24)12-4-2-3-5-15(12)22-9-16(25)23-11-6-7-14(18)13(8-11)17(19,20)21/h2-8,22H,9H2,1H3,(H,23,25). The summed E-state index contributed by atoms with van der Waals surface area (Å²) < 4.78 is 38.4. The minimum atomic E-state index is -4.61. The number of carbonyl (C=O) groups is 2. The molecule has 2 aromatic rings. The molecule has 0 heterocycles. The van der Waals surface area contributed by atoms with E-state index >= 15 is 0 Å². The maximum Gasteiger partial charge on any atom is 0.417 e. The maximum atomic E-state index is 12.8. The summed E-state index contributed by atoms with van der Waals surface area (Å²) in [5.74, 6) is -0.732. The van der Waals surface area contributed by atoms with Crippen molar-refractivity contribution in [3.05, 3.63) is 58.6 Å². The van der Waals surface area contributed by atoms with Gasteiger partial charge in [0.25, 0.3) is 0 Å². The van der Waals surface area contributed by atoms with Crippen molar-refractivity contribution in [3.8, 4) is 0 Å². The van der Waals surface area contributed by atoms with Crippen LogP contribution < -0.4 is 10.6 Å². The first kappa shape index (κ1) is 18.8. The van der Waals surface area contributed by atoms with Gasteiger partial charge in [0.15, 0.2) is 5.78 Å². The Hall–Kier alpha value is -2.54. The summed E-state index contributed by atoms with van der Waals surface area (Å²) in [5.41, 5.74) is -0.163. The van der Waals surface area contributed by atoms with Gasteiger partial charge in [-0.2, -0.15) is 13.2 Å². The molecule has 25 heavy (non-hydrogen) atoms. The van der Waals surface area contributed by atoms with Crippen LogP contribution in [0.25, 0.3) is 0 Å². The van der Waals surface area contributed by atoms with Crippen LogP contribution in [0.1, 0.15) is 22.8 Å². The van der Waals surface area contributed by atoms with Crippen molar-refractivity contribution in [2.24, 2.45) is 0 Å². The number of amides is 1. The second-order valence-electron chi connectivity index (χ2n) is 5.20. The van der Waals surface area contributed by atoms with Crippen molar-refractivity contribution in [1.82, 2.24) is 0 Å². The number of Topliss-reactive ketones (excluding diaryl/α,β-unsaturated/α-hetero) is 1. The summed E-state index contributed by atoms with van der Waals surface area (Å²) >= 11 is 5.53. The van der Waals surface area contributed by atoms with Gasteiger partial charge in [0.05, 0.1) is 17.1 Å². The number of carbonyl (C=O) groups excluding carboxylic acids is 2. The summed E-state index contributed by atoms with van der Waals surface area (Å²) in [6.45, 7) is 1.18. The Morgan fingerprint density at radius 1 is 1.12 bits per heavy atom. The van der Waals surface area contributed by atoms with Crippen LogP contribution >= 0.6 is 11.6 Å². The Labute approximate surface area is 147 Å². The van der Waals surface area contributed by atoms with Gasteiger partial charge in [-0.15, -0.1) is 0 Å². The summed E-state index contributed by atoms with van der Waals surface area (Å²) in [6.07, 6.45) is -4.61. The van der Waals surface area contributed by atoms with Gasteiger partial charge in [-0.25, -0.2) is 0 Å². The Morgan fingerprint density at radius 2 is 1.80 bits per heavy atom. The van der Waals surface area contributed by atoms with Gasteiger partial charge in [-0.1, -0.05) is 23.7 Å². The van der Waals surface area contributed by atoms with E-state index in [1.165, 1.54) is 13.0 Å². The van der Waals surface area contributed by atoms with Gasteiger partial charge in [0.1, 0.15) is 0 Å². The van der Waals surface area contributed by atoms with Gasteiger partial charge in [-0.05, 0) is 37.3 Å². The first-order chi connectivity index (χ1) is 11.7. The molecule has 2 N–H and O–H groups in total. The Kier molecular flexibility index (Phi) is 5.69. The van der Waals surface area contributed by atoms with E-state index in [-0.39, 0.29) is 18.0 Å². The van der Waals surface area contributed by atoms with Crippen LogP contribution in [-0.2, 0) is 11.0 Å². The van der Waals surface area contributed by atoms with Gasteiger partial charge >= 0.3 is 6.18 Å². The lowest BCUT2D eigenvalue weighted by molar-refractivity contribution is -0.137. The molecule has 1 amide bonds. The molecule has 0 bridgehead atoms. The molecule has 0 radical (unpaired) electrons. The zero-order valence-corrected chi connectivity index (χ0v) is 13.8. The molecule has 0 aliphatic rings. The molecule has 132 valence electrons. The van der Waals surface area contributed by atoms with E-state index in [1.54, 1.807) is 24.3 Å². The predicted octanol–water partition coefficient (Wildman–Crippen LogP) is 4.61. The fourth-order valence-electron chi connectivity index (χ4n) is 2.15. The lowest BCUT2D eigenvalue weighted by Gasteiger charge is -2.13. The number of alkyl halides is 3. The number of para-hydroxylation sites is 1. The van der Waals surface area contributed by atoms with E-state index in [9.17, 15) is 22.8 Å². The van der Waals surface area contributed by atoms with Gasteiger partial charge in [0, 0.05) is 16.9 Å². The monoisotopic (exact) mass is 370 g/mol. The fourth-order valence-corrected chi connectivity index (χ4v) is 2.37. The molecule has 2 aromatic carbocycles. The van der Waals surface area contributed by atoms with E-state index in [2.05, 4.69) is 10.6 Å². The number of rotatable bonds is 5. The zero-order chi connectivity index (χ0) is 18.6. The van der Waals surface area contributed by atoms with Crippen molar-refractivity contribution in [2.75, 3.05) is 17.2 Å². The summed E-state index contributed by atoms with van der Waals surface area (Å²) in [6, 6.07) is 9.74. The number of anilines is 2. The highest BCUT2D eigenvalue weighted by Crippen LogP contribution is 2.36. The zero-order valence-electron chi connectivity index (χ0n) is 13.1. The predicted molar refractivity (Wildman–Crippen MR) is 90.0 cm³/mol. The number of halogens is 4. The number of benzene rings is 2. The van der Waals surface area contributed by atoms with Gasteiger partial charge < -0.3 is 10.6 Å². The molecular formula is C17H14ClF3N2O2. The highest BCUT2D eigenvalue weighted by atomic mass is 35.5. The first-order valence-corrected chi connectivity index (χ1v) is 7.56. The van der Waals surface area contributed by atoms with Gasteiger partial charge in [-0.3, -0.25) is 9.59 Å². The first-order valence-electron chi connectivity index (χ1n) is 7.19. The van der Waals surface area contributed by atoms with Crippen LogP contribution in [0.5, 0.6) is 0 Å². The molecule has 4 nitrogen and oxygen atoms in total. The minimum absolute atomic E-state index is 0.0246. The molecule has 2 rings (SSSR count). The average Bonchev–Trinajstić information content (AvgIpc) is 2.54. The Balaban J connectivity index is 2.06. The van der Waals surface area contributed by atoms with Crippen LogP contribution in [-0.4, -0.2) is 18.2 Å². The molecule has 0 unspecified atom stereocenters. The number of nitrogens with one attached hydrogen (secondary N) is 2. The lowest BCUT2D eigenvalue weighted by atomic mass is 10.1. The number of ketones is 1. The molecule has 0 aliphatic carbocycles. The lowest BCUT2D eigenvalue weighted by Crippen LogP contribution is -2.22. The molecule has 0 spiro atoms. The highest BCUT2D eigenvalue weighted by Gasteiger charge is 2.33. The number of hydrogen-bond donors (Lipinski definition) is 2. The molecule has 0 fully saturated rings. The quantitative estimate of drug-likeness (QED) is 0.755. The van der Waals surface area contributed by atoms with E-state index in [4.69, 9.17) is 11.6 Å². The fraction of sp³-hybridized carbons (Fsp3) is 0.176. The topological polar surface area (TPSA) is 58.2 Å². The third-order valence-electron chi connectivity index (χ3n) is 3.30. The SMILES string of the molecule is CC(=O)c1ccccc1NCC(=O)Nc1ccc(Cl)c(C(F)(F)F)c1. The largest absolute Gasteiger partial charge is 0.417 e. The summed E-state index contributed by atoms with van der Waals surface area (Å²) in [5, 5.41) is 4.70. The molecule has 0 saturated heterocycles. The van der Waals surface area contributed by atoms with Crippen molar-refractivity contribution in [2.45, 2.75) is 13.1 Å². The highest BCUT2D eigenvalue weighted by molar-refractivity contribution is 6.31. The van der Waals surface area contributed by atoms with E-state index < -0.39 is 22.7 Å². The Morgan fingerprint density at radius 3 is 2.44 bits per heavy atom. The minimum Gasteiger partial charge on any atom is -0.376 e. The van der Waals surface area contributed by atoms with Crippen LogP contribution in [0.15, 0.2) is 42.5 Å². The maximum absolute atomic E-state index is 12.8. The van der Waals surface area contributed by atoms with Crippen molar-refractivity contribution in [1.29, 1.82) is 0 Å². The third-order valence-corrected chi connectivity index (χ3v) is 3.63. The molecule has 0 atom stereocenters. The third kappa shape index (κ3) is 4.96. The van der Waals surface area contributed by atoms with Crippen LogP contribution in [0.3, 0.4) is 0 Å². The summed E-state index contributed by atoms with van der Waals surface area (Å²) in [7, 11) is 0. The van der Waals surface area contributed by atoms with Crippen LogP contribution in [0.2, 0.25) is 5.02 Å². The Bertz CT molecular complexity index is 807. The van der Waals surface area contributed by atoms with E-state index in [1.807, 2.05) is 0 Å². The van der Waals surface area contributed by atoms with Crippen molar-refractivity contribution >= 4 is 34.7 Å². The average molecular weight is 371 g/mol. The van der Waals surface area contributed by atoms with Gasteiger partial charge in [0.2, 0.25) is 5.91 Å². The second-order valence-corrected chi connectivity index (χ2v) is 5.60. The molecule has 0 saturated carbocycles. The molecule has 0 aromatic heterocycles. The van der Waals surface area contributed by atoms with Crippen LogP contribution in [0, 0.1) is 0 Å². The van der Waals surface area contributed by atoms with E-state index in [0.717, 1.165) is 12.1 Å². The smallest absolute Gasteiger partial charge is 0.376 e. The molecule has 8 heteroatoms. The molecule has 0 aliphatic heterocycles. The number of hydrogen-bond acceptors (Lipinski definition) is 3. The second kappa shape index (κ2) is 7.57. The van der Waals surface area contributed by atoms with Crippen molar-refractivity contribution < 1.29 is 22.8 Å². The van der Waals surface area contributed by atoms with Crippen LogP contribution in [0.4, 0.5) is 24.5 Å². The van der Waals surface area contributed by atoms with E-state index in [0.29, 0.717) is 11.3 Å². The summed E-state index contributed by atoms with van der Waals surface area (Å²) in [4.78, 5) is 23.4. The molecular weight excluding hydrogens is 357 g/mol. The van der Waals surface area contributed by atoms with Crippen molar-refractivity contribution in [3.63, 3.8) is 0 Å².